The Balaban J connectivity index is 1.92. The molecule has 0 radical (unpaired) electrons. The van der Waals surface area contributed by atoms with Crippen LogP contribution >= 0.6 is 0 Å². The maximum atomic E-state index is 13.5. The molecule has 1 aromatic rings. The van der Waals surface area contributed by atoms with Crippen LogP contribution in [0.4, 0.5) is 4.79 Å². The molecule has 1 aromatic heterocycles. The molecule has 2 aliphatic rings. The van der Waals surface area contributed by atoms with Crippen molar-refractivity contribution in [1.82, 2.24) is 20.1 Å². The number of carbonyl (C=O) groups is 2. The van der Waals surface area contributed by atoms with Crippen molar-refractivity contribution >= 4 is 17.5 Å². The number of nitrogens with one attached hydrogen (secondary N) is 1. The number of hydrogen-bond donors (Lipinski definition) is 2. The summed E-state index contributed by atoms with van der Waals surface area (Å²) >= 11 is 0. The molecule has 3 rings (SSSR count). The molecular weight excluding hydrogens is 408 g/mol. The highest BCUT2D eigenvalue weighted by Gasteiger charge is 2.34. The van der Waals surface area contributed by atoms with Gasteiger partial charge in [-0.2, -0.15) is 0 Å². The molecule has 8 heteroatoms. The van der Waals surface area contributed by atoms with Crippen LogP contribution in [0.1, 0.15) is 62.4 Å². The summed E-state index contributed by atoms with van der Waals surface area (Å²) in [4.78, 5) is 33.7. The number of nitrogens with zero attached hydrogens (tertiary/aromatic N) is 3. The molecule has 176 valence electrons. The van der Waals surface area contributed by atoms with Gasteiger partial charge in [0.2, 0.25) is 5.88 Å². The zero-order valence-corrected chi connectivity index (χ0v) is 19.6. The van der Waals surface area contributed by atoms with Crippen molar-refractivity contribution in [2.45, 2.75) is 58.6 Å². The van der Waals surface area contributed by atoms with Crippen LogP contribution in [0.5, 0.6) is 5.88 Å². The van der Waals surface area contributed by atoms with E-state index in [-0.39, 0.29) is 42.5 Å². The van der Waals surface area contributed by atoms with Crippen molar-refractivity contribution in [2.24, 2.45) is 5.92 Å². The van der Waals surface area contributed by atoms with Crippen molar-refractivity contribution in [3.63, 3.8) is 0 Å². The minimum absolute atomic E-state index is 0.0680. The minimum atomic E-state index is -0.350. The van der Waals surface area contributed by atoms with Crippen molar-refractivity contribution in [1.29, 1.82) is 0 Å². The van der Waals surface area contributed by atoms with Gasteiger partial charge in [0.1, 0.15) is 11.7 Å². The molecule has 1 aliphatic carbocycles. The van der Waals surface area contributed by atoms with Gasteiger partial charge in [-0.15, -0.1) is 0 Å². The second kappa shape index (κ2) is 10.8. The number of likely N-dealkylation sites (N-methyl/N-ethyl adjacent to an activating group) is 1. The summed E-state index contributed by atoms with van der Waals surface area (Å²) in [5.41, 5.74) is 2.55. The van der Waals surface area contributed by atoms with E-state index in [4.69, 9.17) is 4.74 Å². The first-order valence-corrected chi connectivity index (χ1v) is 11.6. The Morgan fingerprint density at radius 1 is 1.47 bits per heavy atom. The van der Waals surface area contributed by atoms with E-state index in [0.29, 0.717) is 25.2 Å². The lowest BCUT2D eigenvalue weighted by atomic mass is 9.99. The normalized spacial score (nSPS) is 21.7. The van der Waals surface area contributed by atoms with Crippen molar-refractivity contribution < 1.29 is 19.4 Å². The second-order valence-electron chi connectivity index (χ2n) is 8.93. The molecule has 0 aromatic carbocycles. The zero-order valence-electron chi connectivity index (χ0n) is 19.6. The first-order valence-electron chi connectivity index (χ1n) is 11.6. The van der Waals surface area contributed by atoms with E-state index < -0.39 is 0 Å². The monoisotopic (exact) mass is 444 g/mol. The summed E-state index contributed by atoms with van der Waals surface area (Å²) in [6, 6.07) is 1.37. The molecule has 0 saturated heterocycles. The fourth-order valence-electron chi connectivity index (χ4n) is 4.15. The van der Waals surface area contributed by atoms with E-state index in [9.17, 15) is 14.7 Å². The van der Waals surface area contributed by atoms with E-state index in [1.807, 2.05) is 26.8 Å². The molecular formula is C24H36N4O4. The lowest BCUT2D eigenvalue weighted by Crippen LogP contribution is -2.51. The van der Waals surface area contributed by atoms with E-state index in [0.717, 1.165) is 31.2 Å². The highest BCUT2D eigenvalue weighted by atomic mass is 16.5. The lowest BCUT2D eigenvalue weighted by molar-refractivity contribution is 0.0352. The van der Waals surface area contributed by atoms with E-state index in [1.165, 1.54) is 5.57 Å². The van der Waals surface area contributed by atoms with Gasteiger partial charge in [0.15, 0.2) is 0 Å². The Labute approximate surface area is 190 Å². The largest absolute Gasteiger partial charge is 0.472 e. The third-order valence-corrected chi connectivity index (χ3v) is 6.26. The highest BCUT2D eigenvalue weighted by Crippen LogP contribution is 2.32. The third-order valence-electron chi connectivity index (χ3n) is 6.26. The molecule has 0 fully saturated rings. The average Bonchev–Trinajstić information content (AvgIpc) is 3.33. The number of ether oxygens (including phenoxy) is 1. The molecule has 8 nitrogen and oxygen atoms in total. The number of hydrogen-bond acceptors (Lipinski definition) is 5. The van der Waals surface area contributed by atoms with Crippen LogP contribution in [-0.2, 0) is 0 Å². The highest BCUT2D eigenvalue weighted by molar-refractivity contribution is 5.97. The van der Waals surface area contributed by atoms with Gasteiger partial charge in [-0.3, -0.25) is 4.79 Å². The fraction of sp³-hybridized carbons (Fsp3) is 0.625. The van der Waals surface area contributed by atoms with Crippen LogP contribution in [0.3, 0.4) is 0 Å². The summed E-state index contributed by atoms with van der Waals surface area (Å²) in [6.07, 6.45) is 7.60. The predicted octanol–water partition coefficient (Wildman–Crippen LogP) is 2.92. The van der Waals surface area contributed by atoms with Crippen LogP contribution < -0.4 is 10.1 Å². The molecule has 2 heterocycles. The molecule has 3 atom stereocenters. The zero-order chi connectivity index (χ0) is 23.3. The van der Waals surface area contributed by atoms with Gasteiger partial charge in [-0.1, -0.05) is 19.9 Å². The number of aliphatic hydroxyl groups excluding tert-OH is 1. The third kappa shape index (κ3) is 5.41. The van der Waals surface area contributed by atoms with Crippen LogP contribution in [0.25, 0.3) is 5.57 Å². The maximum absolute atomic E-state index is 13.5. The molecule has 0 bridgehead atoms. The molecule has 0 unspecified atom stereocenters. The summed E-state index contributed by atoms with van der Waals surface area (Å²) in [6.45, 7) is 7.10. The number of amides is 3. The molecule has 0 saturated carbocycles. The molecule has 2 N–H and O–H groups in total. The number of aromatic nitrogens is 1. The first kappa shape index (κ1) is 24.0. The van der Waals surface area contributed by atoms with Gasteiger partial charge in [-0.05, 0) is 49.8 Å². The summed E-state index contributed by atoms with van der Waals surface area (Å²) < 4.78 is 6.26. The number of aliphatic hydroxyl groups is 1. The Hall–Kier alpha value is -2.61. The Morgan fingerprint density at radius 2 is 2.25 bits per heavy atom. The number of urea groups is 1. The maximum Gasteiger partial charge on any atom is 0.317 e. The molecule has 32 heavy (non-hydrogen) atoms. The standard InChI is InChI=1S/C24H36N4O4/c1-5-10-25-24(31)27(4)14-21-16(2)13-28(17(3)15-29)23(30)20-11-19(12-26-22(20)32-21)18-8-6-7-9-18/h8,11-12,16-17,21,29H,5-7,9-10,13-15H2,1-4H3,(H,25,31)/t16-,17+,21-/m1/s1. The SMILES string of the molecule is CCCNC(=O)N(C)C[C@H]1Oc2ncc(C3=CCCC3)cc2C(=O)N([C@@H](C)CO)C[C@H]1C. The summed E-state index contributed by atoms with van der Waals surface area (Å²) in [7, 11) is 1.74. The predicted molar refractivity (Wildman–Crippen MR) is 124 cm³/mol. The lowest BCUT2D eigenvalue weighted by Gasteiger charge is -2.37. The van der Waals surface area contributed by atoms with Crippen LogP contribution in [0.2, 0.25) is 0 Å². The molecule has 1 aliphatic heterocycles. The van der Waals surface area contributed by atoms with E-state index in [2.05, 4.69) is 16.4 Å². The smallest absolute Gasteiger partial charge is 0.317 e. The number of carbonyl (C=O) groups excluding carboxylic acids is 2. The number of fused-ring (bicyclic) bond motifs is 1. The first-order chi connectivity index (χ1) is 15.3. The number of rotatable bonds is 7. The van der Waals surface area contributed by atoms with Crippen LogP contribution in [0.15, 0.2) is 18.3 Å². The van der Waals surface area contributed by atoms with E-state index in [1.54, 1.807) is 23.0 Å². The topological polar surface area (TPSA) is 95.0 Å². The minimum Gasteiger partial charge on any atom is -0.472 e. The molecule has 3 amide bonds. The van der Waals surface area contributed by atoms with Gasteiger partial charge < -0.3 is 25.0 Å². The van der Waals surface area contributed by atoms with Crippen molar-refractivity contribution in [3.8, 4) is 5.88 Å². The molecule has 0 spiro atoms. The average molecular weight is 445 g/mol. The van der Waals surface area contributed by atoms with E-state index >= 15 is 0 Å². The quantitative estimate of drug-likeness (QED) is 0.674. The summed E-state index contributed by atoms with van der Waals surface area (Å²) in [5.74, 6) is 0.0294. The Bertz CT molecular complexity index is 856. The second-order valence-corrected chi connectivity index (χ2v) is 8.93. The Kier molecular flexibility index (Phi) is 8.12. The Morgan fingerprint density at radius 3 is 2.91 bits per heavy atom. The number of pyridine rings is 1. The van der Waals surface area contributed by atoms with Gasteiger partial charge in [-0.25, -0.2) is 9.78 Å². The van der Waals surface area contributed by atoms with Gasteiger partial charge in [0.05, 0.1) is 19.2 Å². The van der Waals surface area contributed by atoms with Gasteiger partial charge >= 0.3 is 6.03 Å². The van der Waals surface area contributed by atoms with Crippen molar-refractivity contribution in [3.05, 3.63) is 29.5 Å². The van der Waals surface area contributed by atoms with Crippen molar-refractivity contribution in [2.75, 3.05) is 33.3 Å². The summed E-state index contributed by atoms with van der Waals surface area (Å²) in [5, 5.41) is 12.7. The fourth-order valence-corrected chi connectivity index (χ4v) is 4.15. The van der Waals surface area contributed by atoms with Crippen LogP contribution in [0, 0.1) is 5.92 Å². The van der Waals surface area contributed by atoms with Crippen LogP contribution in [-0.4, -0.2) is 77.3 Å². The number of allylic oxidation sites excluding steroid dienone is 2. The van der Waals surface area contributed by atoms with Gasteiger partial charge in [0, 0.05) is 32.3 Å². The van der Waals surface area contributed by atoms with Gasteiger partial charge in [0.25, 0.3) is 5.91 Å².